The molecule has 1 aromatic carbocycles. The number of piperidine rings is 1. The first kappa shape index (κ1) is 17.6. The van der Waals surface area contributed by atoms with Gasteiger partial charge in [0, 0.05) is 13.1 Å². The maximum Gasteiger partial charge on any atom is 0.338 e. The van der Waals surface area contributed by atoms with Gasteiger partial charge in [0.25, 0.3) is 0 Å². The summed E-state index contributed by atoms with van der Waals surface area (Å²) in [6, 6.07) is 8.38. The van der Waals surface area contributed by atoms with Crippen molar-refractivity contribution in [2.24, 2.45) is 5.92 Å². The number of cyclic esters (lactones) is 1. The van der Waals surface area contributed by atoms with Crippen molar-refractivity contribution in [1.29, 1.82) is 0 Å². The van der Waals surface area contributed by atoms with Gasteiger partial charge in [0.15, 0.2) is 0 Å². The number of nitrogens with one attached hydrogen (secondary N) is 1. The zero-order valence-corrected chi connectivity index (χ0v) is 15.3. The van der Waals surface area contributed by atoms with Crippen LogP contribution < -0.4 is 5.32 Å². The molecule has 7 nitrogen and oxygen atoms in total. The van der Waals surface area contributed by atoms with Gasteiger partial charge in [0.2, 0.25) is 5.91 Å². The van der Waals surface area contributed by atoms with Crippen LogP contribution in [0.4, 0.5) is 4.79 Å². The van der Waals surface area contributed by atoms with Crippen LogP contribution in [0.1, 0.15) is 31.4 Å². The zero-order valence-electron chi connectivity index (χ0n) is 15.3. The molecule has 0 aromatic heterocycles. The average Bonchev–Trinajstić information content (AvgIpc) is 3.06. The minimum atomic E-state index is -0.550. The van der Waals surface area contributed by atoms with Crippen molar-refractivity contribution in [2.75, 3.05) is 26.2 Å². The fraction of sp³-hybridized carbons (Fsp3) is 0.450. The number of rotatable bonds is 3. The van der Waals surface area contributed by atoms with E-state index in [1.54, 1.807) is 4.90 Å². The number of esters is 1. The lowest BCUT2D eigenvalue weighted by molar-refractivity contribution is -0.136. The minimum Gasteiger partial charge on any atom is -0.456 e. The molecule has 0 radical (unpaired) electrons. The molecule has 0 aliphatic carbocycles. The van der Waals surface area contributed by atoms with Crippen LogP contribution in [0.25, 0.3) is 0 Å². The molecule has 0 bridgehead atoms. The number of urea groups is 1. The van der Waals surface area contributed by atoms with Crippen molar-refractivity contribution in [1.82, 2.24) is 15.1 Å². The smallest absolute Gasteiger partial charge is 0.338 e. The van der Waals surface area contributed by atoms with Gasteiger partial charge in [-0.2, -0.15) is 0 Å². The summed E-state index contributed by atoms with van der Waals surface area (Å²) in [6.07, 6.45) is 1.95. The lowest BCUT2D eigenvalue weighted by atomic mass is 9.95. The van der Waals surface area contributed by atoms with E-state index in [9.17, 15) is 14.4 Å². The molecule has 1 atom stereocenters. The molecular weight excluding hydrogens is 346 g/mol. The maximum atomic E-state index is 12.7. The Hall–Kier alpha value is -2.83. The van der Waals surface area contributed by atoms with E-state index >= 15 is 0 Å². The second kappa shape index (κ2) is 7.06. The Bertz CT molecular complexity index is 797. The van der Waals surface area contributed by atoms with Gasteiger partial charge in [0.1, 0.15) is 13.2 Å². The summed E-state index contributed by atoms with van der Waals surface area (Å²) in [7, 11) is 0. The molecule has 3 amide bonds. The van der Waals surface area contributed by atoms with E-state index in [0.717, 1.165) is 18.4 Å². The van der Waals surface area contributed by atoms with E-state index in [1.807, 2.05) is 30.3 Å². The van der Waals surface area contributed by atoms with Crippen LogP contribution in [-0.4, -0.2) is 53.9 Å². The van der Waals surface area contributed by atoms with Gasteiger partial charge in [-0.1, -0.05) is 37.3 Å². The summed E-state index contributed by atoms with van der Waals surface area (Å²) in [5, 5.41) is 2.86. The summed E-state index contributed by atoms with van der Waals surface area (Å²) in [5.41, 5.74) is 1.73. The Labute approximate surface area is 158 Å². The first-order valence-corrected chi connectivity index (χ1v) is 9.35. The fourth-order valence-corrected chi connectivity index (χ4v) is 3.87. The molecule has 0 spiro atoms. The van der Waals surface area contributed by atoms with Crippen LogP contribution in [0, 0.1) is 5.92 Å². The predicted octanol–water partition coefficient (Wildman–Crippen LogP) is 1.82. The molecule has 27 heavy (non-hydrogen) atoms. The third kappa shape index (κ3) is 3.29. The van der Waals surface area contributed by atoms with E-state index in [0.29, 0.717) is 30.3 Å². The first-order valence-electron chi connectivity index (χ1n) is 9.35. The zero-order chi connectivity index (χ0) is 19.0. The van der Waals surface area contributed by atoms with Gasteiger partial charge < -0.3 is 15.0 Å². The number of hydrogen-bond acceptors (Lipinski definition) is 4. The average molecular weight is 369 g/mol. The second-order valence-corrected chi connectivity index (χ2v) is 7.38. The van der Waals surface area contributed by atoms with E-state index in [-0.39, 0.29) is 25.1 Å². The van der Waals surface area contributed by atoms with Crippen molar-refractivity contribution in [2.45, 2.75) is 25.8 Å². The highest BCUT2D eigenvalue weighted by Gasteiger charge is 2.43. The number of amides is 3. The van der Waals surface area contributed by atoms with Gasteiger partial charge >= 0.3 is 12.0 Å². The van der Waals surface area contributed by atoms with Gasteiger partial charge in [-0.15, -0.1) is 0 Å². The van der Waals surface area contributed by atoms with E-state index in [4.69, 9.17) is 4.74 Å². The lowest BCUT2D eigenvalue weighted by Crippen LogP contribution is -2.51. The van der Waals surface area contributed by atoms with Crippen molar-refractivity contribution in [3.8, 4) is 0 Å². The molecule has 1 aromatic rings. The molecule has 1 N–H and O–H groups in total. The summed E-state index contributed by atoms with van der Waals surface area (Å²) >= 11 is 0. The van der Waals surface area contributed by atoms with Crippen LogP contribution in [0.15, 0.2) is 41.6 Å². The normalized spacial score (nSPS) is 23.2. The molecule has 3 aliphatic rings. The third-order valence-electron chi connectivity index (χ3n) is 5.56. The first-order chi connectivity index (χ1) is 13.0. The molecular formula is C20H23N3O4. The Balaban J connectivity index is 1.58. The van der Waals surface area contributed by atoms with E-state index < -0.39 is 12.0 Å². The number of likely N-dealkylation sites (tertiary alicyclic amines) is 1. The van der Waals surface area contributed by atoms with Crippen LogP contribution in [-0.2, 0) is 14.3 Å². The van der Waals surface area contributed by atoms with Crippen LogP contribution in [0.2, 0.25) is 0 Å². The largest absolute Gasteiger partial charge is 0.456 e. The lowest BCUT2D eigenvalue weighted by Gasteiger charge is -2.35. The molecule has 1 fully saturated rings. The Morgan fingerprint density at radius 2 is 1.89 bits per heavy atom. The molecule has 0 saturated carbocycles. The van der Waals surface area contributed by atoms with Crippen LogP contribution in [0.3, 0.4) is 0 Å². The summed E-state index contributed by atoms with van der Waals surface area (Å²) in [4.78, 5) is 40.9. The number of hydrogen-bond donors (Lipinski definition) is 1. The number of carbonyl (C=O) groups excluding carboxylic acids is 3. The van der Waals surface area contributed by atoms with Crippen LogP contribution >= 0.6 is 0 Å². The standard InChI is InChI=1S/C20H23N3O4/c1-13-7-9-22(10-8-13)16(24)11-23-15-12-27-19(25)17(15)18(21-20(23)26)14-5-3-2-4-6-14/h2-6,13,18H,7-12H2,1H3,(H,21,26). The number of nitrogens with zero attached hydrogens (tertiary/aromatic N) is 2. The SMILES string of the molecule is CC1CCN(C(=O)CN2C(=O)NC(c3ccccc3)C3=C2COC3=O)CC1. The molecule has 3 aliphatic heterocycles. The number of carbonyl (C=O) groups is 3. The van der Waals surface area contributed by atoms with Gasteiger partial charge in [0.05, 0.1) is 17.3 Å². The van der Waals surface area contributed by atoms with Gasteiger partial charge in [-0.05, 0) is 24.3 Å². The molecule has 4 rings (SSSR count). The van der Waals surface area contributed by atoms with Crippen molar-refractivity contribution < 1.29 is 19.1 Å². The fourth-order valence-electron chi connectivity index (χ4n) is 3.87. The Kier molecular flexibility index (Phi) is 4.59. The molecule has 7 heteroatoms. The topological polar surface area (TPSA) is 79.0 Å². The van der Waals surface area contributed by atoms with Gasteiger partial charge in [-0.3, -0.25) is 9.69 Å². The highest BCUT2D eigenvalue weighted by atomic mass is 16.5. The summed E-state index contributed by atoms with van der Waals surface area (Å²) in [6.45, 7) is 3.56. The summed E-state index contributed by atoms with van der Waals surface area (Å²) < 4.78 is 5.20. The minimum absolute atomic E-state index is 0.0230. The van der Waals surface area contributed by atoms with Crippen molar-refractivity contribution >= 4 is 17.9 Å². The highest BCUT2D eigenvalue weighted by Crippen LogP contribution is 2.35. The molecule has 142 valence electrons. The van der Waals surface area contributed by atoms with Crippen molar-refractivity contribution in [3.63, 3.8) is 0 Å². The van der Waals surface area contributed by atoms with Crippen LogP contribution in [0.5, 0.6) is 0 Å². The Morgan fingerprint density at radius 1 is 1.19 bits per heavy atom. The Morgan fingerprint density at radius 3 is 2.59 bits per heavy atom. The maximum absolute atomic E-state index is 12.7. The number of ether oxygens (including phenoxy) is 1. The van der Waals surface area contributed by atoms with E-state index in [2.05, 4.69) is 12.2 Å². The molecule has 1 unspecified atom stereocenters. The quantitative estimate of drug-likeness (QED) is 0.825. The van der Waals surface area contributed by atoms with Crippen molar-refractivity contribution in [3.05, 3.63) is 47.2 Å². The van der Waals surface area contributed by atoms with E-state index in [1.165, 1.54) is 4.90 Å². The molecule has 3 heterocycles. The monoisotopic (exact) mass is 369 g/mol. The summed E-state index contributed by atoms with van der Waals surface area (Å²) in [5.74, 6) is 0.0821. The highest BCUT2D eigenvalue weighted by molar-refractivity contribution is 5.98. The predicted molar refractivity (Wildman–Crippen MR) is 97.4 cm³/mol. The molecule has 1 saturated heterocycles. The second-order valence-electron chi connectivity index (χ2n) is 7.38. The third-order valence-corrected chi connectivity index (χ3v) is 5.56. The van der Waals surface area contributed by atoms with Gasteiger partial charge in [-0.25, -0.2) is 9.59 Å². The number of benzene rings is 1.